The van der Waals surface area contributed by atoms with Gasteiger partial charge in [-0.05, 0) is 23.6 Å². The quantitative estimate of drug-likeness (QED) is 0.431. The van der Waals surface area contributed by atoms with Crippen molar-refractivity contribution in [3.05, 3.63) is 53.5 Å². The number of anilines is 4. The third-order valence-electron chi connectivity index (χ3n) is 4.98. The highest BCUT2D eigenvalue weighted by Crippen LogP contribution is 2.40. The Hall–Kier alpha value is -3.60. The summed E-state index contributed by atoms with van der Waals surface area (Å²) < 4.78 is 54.6. The van der Waals surface area contributed by atoms with Crippen molar-refractivity contribution in [3.63, 3.8) is 0 Å². The average Bonchev–Trinajstić information content (AvgIpc) is 2.80. The lowest BCUT2D eigenvalue weighted by molar-refractivity contribution is 0.324. The van der Waals surface area contributed by atoms with Crippen molar-refractivity contribution in [2.24, 2.45) is 0 Å². The summed E-state index contributed by atoms with van der Waals surface area (Å²) in [5, 5.41) is 5.92. The molecule has 2 aromatic carbocycles. The van der Waals surface area contributed by atoms with Crippen molar-refractivity contribution in [1.82, 2.24) is 9.97 Å². The summed E-state index contributed by atoms with van der Waals surface area (Å²) in [6, 6.07) is 8.64. The Morgan fingerprint density at radius 1 is 1.03 bits per heavy atom. The average molecular weight is 491 g/mol. The molecule has 0 saturated carbocycles. The van der Waals surface area contributed by atoms with Gasteiger partial charge in [0.1, 0.15) is 0 Å². The molecular weight excluding hydrogens is 463 g/mol. The fraction of sp³-hybridized carbons (Fsp3) is 0.304. The van der Waals surface area contributed by atoms with Crippen LogP contribution < -0.4 is 24.8 Å². The molecule has 0 spiro atoms. The first-order valence-electron chi connectivity index (χ1n) is 10.3. The Morgan fingerprint density at radius 3 is 2.26 bits per heavy atom. The minimum Gasteiger partial charge on any atom is -0.493 e. The second kappa shape index (κ2) is 10.6. The van der Waals surface area contributed by atoms with Gasteiger partial charge in [0.2, 0.25) is 11.7 Å². The monoisotopic (exact) mass is 490 g/mol. The number of nitrogens with one attached hydrogen (secondary N) is 2. The third-order valence-corrected chi connectivity index (χ3v) is 5.79. The van der Waals surface area contributed by atoms with Gasteiger partial charge in [-0.25, -0.2) is 17.8 Å². The van der Waals surface area contributed by atoms with Gasteiger partial charge < -0.3 is 24.8 Å². The molecule has 0 aliphatic carbocycles. The lowest BCUT2D eigenvalue weighted by Gasteiger charge is -2.16. The van der Waals surface area contributed by atoms with Crippen LogP contribution in [0.15, 0.2) is 36.5 Å². The summed E-state index contributed by atoms with van der Waals surface area (Å²) in [6.45, 7) is 1.93. The van der Waals surface area contributed by atoms with Crippen LogP contribution >= 0.6 is 0 Å². The molecule has 3 aromatic rings. The molecule has 0 aliphatic rings. The van der Waals surface area contributed by atoms with E-state index >= 15 is 0 Å². The number of aryl methyl sites for hydroxylation is 1. The predicted octanol–water partition coefficient (Wildman–Crippen LogP) is 4.24. The van der Waals surface area contributed by atoms with Crippen LogP contribution in [-0.2, 0) is 22.0 Å². The third kappa shape index (κ3) is 5.84. The van der Waals surface area contributed by atoms with Crippen molar-refractivity contribution >= 4 is 33.0 Å². The zero-order chi connectivity index (χ0) is 24.9. The van der Waals surface area contributed by atoms with Crippen LogP contribution in [-0.4, -0.2) is 46.0 Å². The Morgan fingerprint density at radius 2 is 1.71 bits per heavy atom. The van der Waals surface area contributed by atoms with Crippen LogP contribution in [0.3, 0.4) is 0 Å². The van der Waals surface area contributed by atoms with E-state index in [1.807, 2.05) is 13.0 Å². The molecule has 182 valence electrons. The summed E-state index contributed by atoms with van der Waals surface area (Å²) in [6.07, 6.45) is 2.81. The molecule has 2 N–H and O–H groups in total. The van der Waals surface area contributed by atoms with E-state index in [0.29, 0.717) is 40.6 Å². The Bertz CT molecular complexity index is 1260. The number of methoxy groups -OCH3 is 3. The highest BCUT2D eigenvalue weighted by atomic mass is 32.2. The molecule has 34 heavy (non-hydrogen) atoms. The van der Waals surface area contributed by atoms with Gasteiger partial charge in [0.15, 0.2) is 33.0 Å². The first-order chi connectivity index (χ1) is 16.2. The topological polar surface area (TPSA) is 112 Å². The molecule has 3 rings (SSSR count). The molecular formula is C23H27FN4O5S. The smallest absolute Gasteiger partial charge is 0.229 e. The molecule has 9 nitrogen and oxygen atoms in total. The lowest BCUT2D eigenvalue weighted by atomic mass is 10.0. The summed E-state index contributed by atoms with van der Waals surface area (Å²) in [4.78, 5) is 8.24. The number of rotatable bonds is 10. The second-order valence-electron chi connectivity index (χ2n) is 7.42. The minimum atomic E-state index is -3.32. The molecule has 1 heterocycles. The minimum absolute atomic E-state index is 0.104. The van der Waals surface area contributed by atoms with Gasteiger partial charge in [-0.3, -0.25) is 0 Å². The van der Waals surface area contributed by atoms with Gasteiger partial charge in [0, 0.05) is 29.8 Å². The number of ether oxygens (including phenoxy) is 3. The van der Waals surface area contributed by atoms with Crippen LogP contribution in [0.25, 0.3) is 0 Å². The van der Waals surface area contributed by atoms with Crippen molar-refractivity contribution in [2.45, 2.75) is 19.1 Å². The molecule has 0 fully saturated rings. The van der Waals surface area contributed by atoms with E-state index in [9.17, 15) is 12.8 Å². The maximum absolute atomic E-state index is 14.6. The predicted molar refractivity (Wildman–Crippen MR) is 129 cm³/mol. The fourth-order valence-corrected chi connectivity index (χ4v) is 4.31. The van der Waals surface area contributed by atoms with Crippen LogP contribution in [0.5, 0.6) is 17.2 Å². The number of benzene rings is 2. The van der Waals surface area contributed by atoms with E-state index in [4.69, 9.17) is 14.2 Å². The van der Waals surface area contributed by atoms with Crippen LogP contribution in [0, 0.1) is 5.82 Å². The fourth-order valence-electron chi connectivity index (χ4n) is 3.44. The van der Waals surface area contributed by atoms with Gasteiger partial charge >= 0.3 is 0 Å². The van der Waals surface area contributed by atoms with Crippen LogP contribution in [0.1, 0.15) is 18.1 Å². The number of hydrogen-bond donors (Lipinski definition) is 2. The van der Waals surface area contributed by atoms with Crippen molar-refractivity contribution in [2.75, 3.05) is 38.2 Å². The molecule has 0 unspecified atom stereocenters. The molecule has 0 saturated heterocycles. The standard InChI is InChI=1S/C23H27FN4O5S/c1-6-14-8-7-9-18(16(14)13-34(5,29)30)27-22-17(24)12-25-23(28-22)26-15-10-19(31-2)21(33-4)20(11-15)32-3/h7-12H,6,13H2,1-5H3,(H2,25,26,27,28). The van der Waals surface area contributed by atoms with E-state index in [0.717, 1.165) is 18.0 Å². The number of sulfone groups is 1. The number of nitrogens with zero attached hydrogens (tertiary/aromatic N) is 2. The van der Waals surface area contributed by atoms with Crippen LogP contribution in [0.4, 0.5) is 27.5 Å². The zero-order valence-corrected chi connectivity index (χ0v) is 20.4. The maximum atomic E-state index is 14.6. The first-order valence-corrected chi connectivity index (χ1v) is 12.4. The van der Waals surface area contributed by atoms with E-state index in [1.165, 1.54) is 21.3 Å². The van der Waals surface area contributed by atoms with Crippen LogP contribution in [0.2, 0.25) is 0 Å². The highest BCUT2D eigenvalue weighted by molar-refractivity contribution is 7.89. The summed E-state index contributed by atoms with van der Waals surface area (Å²) in [5.41, 5.74) is 2.41. The molecule has 0 aliphatic heterocycles. The second-order valence-corrected chi connectivity index (χ2v) is 9.56. The van der Waals surface area contributed by atoms with Crippen molar-refractivity contribution in [1.29, 1.82) is 0 Å². The molecule has 0 bridgehead atoms. The van der Waals surface area contributed by atoms with Gasteiger partial charge in [-0.1, -0.05) is 19.1 Å². The summed E-state index contributed by atoms with van der Waals surface area (Å²) >= 11 is 0. The largest absolute Gasteiger partial charge is 0.493 e. The molecule has 0 radical (unpaired) electrons. The molecule has 0 atom stereocenters. The maximum Gasteiger partial charge on any atom is 0.229 e. The van der Waals surface area contributed by atoms with E-state index in [-0.39, 0.29) is 17.5 Å². The first kappa shape index (κ1) is 25.0. The van der Waals surface area contributed by atoms with Crippen molar-refractivity contribution in [3.8, 4) is 17.2 Å². The van der Waals surface area contributed by atoms with Crippen molar-refractivity contribution < 1.29 is 27.0 Å². The zero-order valence-electron chi connectivity index (χ0n) is 19.6. The Labute approximate surface area is 198 Å². The van der Waals surface area contributed by atoms with Gasteiger partial charge in [0.25, 0.3) is 0 Å². The van der Waals surface area contributed by atoms with Gasteiger partial charge in [-0.15, -0.1) is 0 Å². The van der Waals surface area contributed by atoms with Gasteiger partial charge in [0.05, 0.1) is 33.3 Å². The van der Waals surface area contributed by atoms with E-state index in [1.54, 1.807) is 24.3 Å². The molecule has 11 heteroatoms. The summed E-state index contributed by atoms with van der Waals surface area (Å²) in [5.74, 6) is 0.401. The number of hydrogen-bond acceptors (Lipinski definition) is 9. The van der Waals surface area contributed by atoms with E-state index < -0.39 is 15.7 Å². The summed E-state index contributed by atoms with van der Waals surface area (Å²) in [7, 11) is 1.18. The van der Waals surface area contributed by atoms with Gasteiger partial charge in [-0.2, -0.15) is 4.98 Å². The molecule has 0 amide bonds. The van der Waals surface area contributed by atoms with E-state index in [2.05, 4.69) is 20.6 Å². The Balaban J connectivity index is 1.96. The lowest BCUT2D eigenvalue weighted by Crippen LogP contribution is -2.09. The number of aromatic nitrogens is 2. The Kier molecular flexibility index (Phi) is 7.77. The normalized spacial score (nSPS) is 11.1. The SMILES string of the molecule is CCc1cccc(Nc2nc(Nc3cc(OC)c(OC)c(OC)c3)ncc2F)c1CS(C)(=O)=O. The highest BCUT2D eigenvalue weighted by Gasteiger charge is 2.17. The molecule has 1 aromatic heterocycles. The number of halogens is 1.